The van der Waals surface area contributed by atoms with Crippen molar-refractivity contribution in [1.29, 1.82) is 0 Å². The first-order chi connectivity index (χ1) is 8.52. The van der Waals surface area contributed by atoms with E-state index < -0.39 is 0 Å². The lowest BCUT2D eigenvalue weighted by Gasteiger charge is -2.11. The van der Waals surface area contributed by atoms with Gasteiger partial charge in [-0.15, -0.1) is 11.3 Å². The Morgan fingerprint density at radius 1 is 1.50 bits per heavy atom. The summed E-state index contributed by atoms with van der Waals surface area (Å²) in [5, 5.41) is 6.22. The Morgan fingerprint density at radius 3 is 2.78 bits per heavy atom. The minimum Gasteiger partial charge on any atom is -0.354 e. The van der Waals surface area contributed by atoms with Gasteiger partial charge >= 0.3 is 0 Å². The molecule has 1 atom stereocenters. The third-order valence-electron chi connectivity index (χ3n) is 2.54. The molecule has 3 nitrogen and oxygen atoms in total. The average molecular weight is 398 g/mol. The highest BCUT2D eigenvalue weighted by molar-refractivity contribution is 9.13. The van der Waals surface area contributed by atoms with Crippen LogP contribution in [0, 0.1) is 0 Å². The normalized spacial score (nSPS) is 12.4. The number of thiophene rings is 1. The fraction of sp³-hybridized carbons (Fsp3) is 0.583. The van der Waals surface area contributed by atoms with Crippen molar-refractivity contribution in [2.24, 2.45) is 0 Å². The number of carbonyl (C=O) groups is 1. The van der Waals surface area contributed by atoms with Gasteiger partial charge in [0, 0.05) is 34.9 Å². The van der Waals surface area contributed by atoms with Crippen molar-refractivity contribution in [3.05, 3.63) is 19.2 Å². The minimum absolute atomic E-state index is 0.116. The second-order valence-electron chi connectivity index (χ2n) is 4.14. The molecule has 1 heterocycles. The van der Waals surface area contributed by atoms with E-state index in [4.69, 9.17) is 0 Å². The van der Waals surface area contributed by atoms with Crippen LogP contribution in [0.5, 0.6) is 0 Å². The molecule has 0 spiro atoms. The molecule has 0 aliphatic heterocycles. The minimum atomic E-state index is 0.116. The van der Waals surface area contributed by atoms with Crippen LogP contribution in [0.25, 0.3) is 0 Å². The van der Waals surface area contributed by atoms with Gasteiger partial charge < -0.3 is 10.6 Å². The third kappa shape index (κ3) is 5.82. The number of hydrogen-bond acceptors (Lipinski definition) is 3. The highest BCUT2D eigenvalue weighted by Crippen LogP contribution is 2.32. The van der Waals surface area contributed by atoms with E-state index in [1.54, 1.807) is 11.3 Å². The SMILES string of the molecule is CCC(C)NC(=O)CCNCc1cc(Br)c(Br)s1. The predicted molar refractivity (Wildman–Crippen MR) is 83.9 cm³/mol. The molecule has 0 fully saturated rings. The lowest BCUT2D eigenvalue weighted by atomic mass is 10.2. The first kappa shape index (κ1) is 16.1. The standard InChI is InChI=1S/C12H18Br2N2OS/c1-3-8(2)16-11(17)4-5-15-7-9-6-10(13)12(14)18-9/h6,8,15H,3-5,7H2,1-2H3,(H,16,17). The van der Waals surface area contributed by atoms with E-state index in [2.05, 4.69) is 55.5 Å². The fourth-order valence-electron chi connectivity index (χ4n) is 1.34. The molecule has 0 saturated carbocycles. The zero-order valence-corrected chi connectivity index (χ0v) is 14.5. The number of halogens is 2. The Balaban J connectivity index is 2.17. The maximum Gasteiger partial charge on any atom is 0.221 e. The van der Waals surface area contributed by atoms with Crippen LogP contribution in [0.4, 0.5) is 0 Å². The van der Waals surface area contributed by atoms with Crippen LogP contribution >= 0.6 is 43.2 Å². The molecule has 2 N–H and O–H groups in total. The molecule has 1 amide bonds. The second-order valence-corrected chi connectivity index (χ2v) is 7.45. The molecule has 0 bridgehead atoms. The lowest BCUT2D eigenvalue weighted by Crippen LogP contribution is -2.33. The number of carbonyl (C=O) groups excluding carboxylic acids is 1. The zero-order valence-electron chi connectivity index (χ0n) is 10.6. The largest absolute Gasteiger partial charge is 0.354 e. The van der Waals surface area contributed by atoms with E-state index in [0.29, 0.717) is 13.0 Å². The highest BCUT2D eigenvalue weighted by atomic mass is 79.9. The van der Waals surface area contributed by atoms with E-state index in [9.17, 15) is 4.79 Å². The van der Waals surface area contributed by atoms with Crippen LogP contribution in [-0.2, 0) is 11.3 Å². The van der Waals surface area contributed by atoms with Crippen molar-refractivity contribution in [3.63, 3.8) is 0 Å². The molecule has 1 aromatic heterocycles. The van der Waals surface area contributed by atoms with E-state index >= 15 is 0 Å². The summed E-state index contributed by atoms with van der Waals surface area (Å²) in [6.45, 7) is 5.59. The molecule has 1 unspecified atom stereocenters. The monoisotopic (exact) mass is 396 g/mol. The van der Waals surface area contributed by atoms with Gasteiger partial charge in [-0.2, -0.15) is 0 Å². The van der Waals surface area contributed by atoms with Crippen LogP contribution in [0.3, 0.4) is 0 Å². The summed E-state index contributed by atoms with van der Waals surface area (Å²) >= 11 is 8.61. The lowest BCUT2D eigenvalue weighted by molar-refractivity contribution is -0.121. The van der Waals surface area contributed by atoms with Crippen LogP contribution in [0.15, 0.2) is 14.3 Å². The molecule has 0 radical (unpaired) electrons. The van der Waals surface area contributed by atoms with E-state index in [1.807, 2.05) is 6.92 Å². The van der Waals surface area contributed by atoms with Gasteiger partial charge in [0.15, 0.2) is 0 Å². The fourth-order valence-corrected chi connectivity index (χ4v) is 3.49. The molecule has 0 aliphatic carbocycles. The van der Waals surface area contributed by atoms with E-state index in [-0.39, 0.29) is 11.9 Å². The van der Waals surface area contributed by atoms with Crippen LogP contribution in [0.2, 0.25) is 0 Å². The topological polar surface area (TPSA) is 41.1 Å². The molecule has 0 aromatic carbocycles. The van der Waals surface area contributed by atoms with E-state index in [1.165, 1.54) is 4.88 Å². The van der Waals surface area contributed by atoms with Gasteiger partial charge in [0.2, 0.25) is 5.91 Å². The van der Waals surface area contributed by atoms with Crippen molar-refractivity contribution in [3.8, 4) is 0 Å². The number of hydrogen-bond donors (Lipinski definition) is 2. The Bertz CT molecular complexity index is 376. The molecule has 102 valence electrons. The number of amides is 1. The molecule has 18 heavy (non-hydrogen) atoms. The zero-order chi connectivity index (χ0) is 13.5. The first-order valence-corrected chi connectivity index (χ1v) is 8.37. The Hall–Kier alpha value is 0.0900. The van der Waals surface area contributed by atoms with Crippen molar-refractivity contribution < 1.29 is 4.79 Å². The number of nitrogens with one attached hydrogen (secondary N) is 2. The van der Waals surface area contributed by atoms with Gasteiger partial charge in [-0.25, -0.2) is 0 Å². The molecule has 6 heteroatoms. The van der Waals surface area contributed by atoms with Gasteiger partial charge in [0.05, 0.1) is 3.79 Å². The molecule has 1 rings (SSSR count). The first-order valence-electron chi connectivity index (χ1n) is 5.96. The molecule has 1 aromatic rings. The van der Waals surface area contributed by atoms with E-state index in [0.717, 1.165) is 21.2 Å². The van der Waals surface area contributed by atoms with Crippen LogP contribution in [-0.4, -0.2) is 18.5 Å². The number of rotatable bonds is 7. The van der Waals surface area contributed by atoms with Crippen LogP contribution in [0.1, 0.15) is 31.6 Å². The van der Waals surface area contributed by atoms with Gasteiger partial charge in [-0.1, -0.05) is 6.92 Å². The van der Waals surface area contributed by atoms with Gasteiger partial charge in [0.25, 0.3) is 0 Å². The van der Waals surface area contributed by atoms with Crippen molar-refractivity contribution in [1.82, 2.24) is 10.6 Å². The summed E-state index contributed by atoms with van der Waals surface area (Å²) in [6.07, 6.45) is 1.49. The summed E-state index contributed by atoms with van der Waals surface area (Å²) in [6, 6.07) is 2.35. The summed E-state index contributed by atoms with van der Waals surface area (Å²) in [7, 11) is 0. The molecular formula is C12H18Br2N2OS. The summed E-state index contributed by atoms with van der Waals surface area (Å²) in [5.74, 6) is 0.116. The predicted octanol–water partition coefficient (Wildman–Crippen LogP) is 3.67. The summed E-state index contributed by atoms with van der Waals surface area (Å²) in [4.78, 5) is 12.8. The molecular weight excluding hydrogens is 380 g/mol. The highest BCUT2D eigenvalue weighted by Gasteiger charge is 2.06. The average Bonchev–Trinajstić information content (AvgIpc) is 2.64. The van der Waals surface area contributed by atoms with Gasteiger partial charge in [0.1, 0.15) is 0 Å². The van der Waals surface area contributed by atoms with Crippen molar-refractivity contribution >= 4 is 49.1 Å². The third-order valence-corrected chi connectivity index (χ3v) is 5.80. The van der Waals surface area contributed by atoms with Crippen molar-refractivity contribution in [2.45, 2.75) is 39.3 Å². The molecule has 0 saturated heterocycles. The quantitative estimate of drug-likeness (QED) is 0.689. The maximum absolute atomic E-state index is 11.5. The molecule has 0 aliphatic rings. The Kier molecular flexibility index (Phi) is 7.44. The summed E-state index contributed by atoms with van der Waals surface area (Å²) in [5.41, 5.74) is 0. The van der Waals surface area contributed by atoms with Crippen molar-refractivity contribution in [2.75, 3.05) is 6.54 Å². The maximum atomic E-state index is 11.5. The van der Waals surface area contributed by atoms with Gasteiger partial charge in [-0.05, 0) is 51.3 Å². The summed E-state index contributed by atoms with van der Waals surface area (Å²) < 4.78 is 2.19. The van der Waals surface area contributed by atoms with Gasteiger partial charge in [-0.3, -0.25) is 4.79 Å². The Morgan fingerprint density at radius 2 is 2.22 bits per heavy atom. The Labute approximate surface area is 129 Å². The smallest absolute Gasteiger partial charge is 0.221 e. The van der Waals surface area contributed by atoms with Crippen LogP contribution < -0.4 is 10.6 Å². The second kappa shape index (κ2) is 8.30.